The maximum Gasteiger partial charge on any atom is 0.0925 e. The van der Waals surface area contributed by atoms with Gasteiger partial charge in [-0.05, 0) is 19.1 Å². The first kappa shape index (κ1) is 7.68. The number of fused-ring (bicyclic) bond motifs is 1. The van der Waals surface area contributed by atoms with E-state index in [9.17, 15) is 0 Å². The average Bonchev–Trinajstić information content (AvgIpc) is 2.07. The Hall–Kier alpha value is -0.960. The predicted molar refractivity (Wildman–Crippen MR) is 52.0 cm³/mol. The zero-order valence-corrected chi connectivity index (χ0v) is 8.17. The molecule has 0 saturated carbocycles. The fourth-order valence-corrected chi connectivity index (χ4v) is 1.62. The largest absolute Gasteiger partial charge is 0.259 e. The second kappa shape index (κ2) is 2.83. The van der Waals surface area contributed by atoms with Crippen LogP contribution in [0.2, 0.25) is 0 Å². The maximum atomic E-state index is 4.25. The second-order valence-electron chi connectivity index (χ2n) is 2.59. The van der Waals surface area contributed by atoms with Crippen LogP contribution in [-0.2, 0) is 0 Å². The van der Waals surface area contributed by atoms with Crippen molar-refractivity contribution in [1.82, 2.24) is 9.97 Å². The van der Waals surface area contributed by atoms with Crippen LogP contribution in [0, 0.1) is 6.92 Å². The highest BCUT2D eigenvalue weighted by Gasteiger charge is 2.00. The van der Waals surface area contributed by atoms with Gasteiger partial charge in [-0.15, -0.1) is 0 Å². The van der Waals surface area contributed by atoms with Crippen LogP contribution in [0.3, 0.4) is 0 Å². The van der Waals surface area contributed by atoms with E-state index in [0.29, 0.717) is 0 Å². The van der Waals surface area contributed by atoms with E-state index in [4.69, 9.17) is 0 Å². The van der Waals surface area contributed by atoms with Gasteiger partial charge in [0.15, 0.2) is 0 Å². The molecule has 3 heteroatoms. The average molecular weight is 223 g/mol. The summed E-state index contributed by atoms with van der Waals surface area (Å²) in [6.07, 6.45) is 3.57. The fourth-order valence-electron chi connectivity index (χ4n) is 1.18. The van der Waals surface area contributed by atoms with Crippen molar-refractivity contribution in [2.45, 2.75) is 6.92 Å². The number of nitrogens with zero attached hydrogens (tertiary/aromatic N) is 2. The summed E-state index contributed by atoms with van der Waals surface area (Å²) < 4.78 is 1.07. The van der Waals surface area contributed by atoms with Crippen molar-refractivity contribution in [2.75, 3.05) is 0 Å². The monoisotopic (exact) mass is 222 g/mol. The highest BCUT2D eigenvalue weighted by molar-refractivity contribution is 9.10. The molecule has 2 aromatic heterocycles. The first-order valence-electron chi connectivity index (χ1n) is 3.65. The van der Waals surface area contributed by atoms with Crippen molar-refractivity contribution in [1.29, 1.82) is 0 Å². The first-order valence-corrected chi connectivity index (χ1v) is 4.44. The van der Waals surface area contributed by atoms with Gasteiger partial charge in [0.2, 0.25) is 0 Å². The molecule has 0 bridgehead atoms. The second-order valence-corrected chi connectivity index (χ2v) is 3.44. The van der Waals surface area contributed by atoms with Gasteiger partial charge in [0.05, 0.1) is 11.2 Å². The normalized spacial score (nSPS) is 10.5. The van der Waals surface area contributed by atoms with Gasteiger partial charge in [0, 0.05) is 22.3 Å². The Morgan fingerprint density at radius 1 is 1.17 bits per heavy atom. The van der Waals surface area contributed by atoms with Crippen LogP contribution >= 0.6 is 15.9 Å². The summed E-state index contributed by atoms with van der Waals surface area (Å²) >= 11 is 3.46. The summed E-state index contributed by atoms with van der Waals surface area (Å²) in [4.78, 5) is 8.41. The van der Waals surface area contributed by atoms with Crippen LogP contribution in [0.1, 0.15) is 5.69 Å². The van der Waals surface area contributed by atoms with E-state index < -0.39 is 0 Å². The van der Waals surface area contributed by atoms with E-state index in [1.165, 1.54) is 0 Å². The van der Waals surface area contributed by atoms with E-state index >= 15 is 0 Å². The minimum atomic E-state index is 0.965. The molecule has 0 aromatic carbocycles. The molecule has 0 unspecified atom stereocenters. The number of halogens is 1. The topological polar surface area (TPSA) is 25.8 Å². The smallest absolute Gasteiger partial charge is 0.0925 e. The van der Waals surface area contributed by atoms with Crippen molar-refractivity contribution in [3.8, 4) is 0 Å². The highest BCUT2D eigenvalue weighted by Crippen LogP contribution is 2.22. The number of hydrogen-bond donors (Lipinski definition) is 0. The third-order valence-corrected chi connectivity index (χ3v) is 2.48. The fraction of sp³-hybridized carbons (Fsp3) is 0.111. The lowest BCUT2D eigenvalue weighted by atomic mass is 10.2. The molecule has 0 N–H and O–H groups in total. The molecule has 12 heavy (non-hydrogen) atoms. The molecular weight excluding hydrogens is 216 g/mol. The van der Waals surface area contributed by atoms with Gasteiger partial charge in [-0.1, -0.05) is 15.9 Å². The van der Waals surface area contributed by atoms with Crippen LogP contribution in [0.25, 0.3) is 10.9 Å². The molecule has 0 fully saturated rings. The highest BCUT2D eigenvalue weighted by atomic mass is 79.9. The van der Waals surface area contributed by atoms with Crippen molar-refractivity contribution in [3.63, 3.8) is 0 Å². The third-order valence-electron chi connectivity index (χ3n) is 1.79. The molecule has 2 rings (SSSR count). The van der Waals surface area contributed by atoms with Gasteiger partial charge in [-0.3, -0.25) is 9.97 Å². The van der Waals surface area contributed by atoms with E-state index in [1.54, 1.807) is 12.4 Å². The van der Waals surface area contributed by atoms with E-state index in [0.717, 1.165) is 21.1 Å². The quantitative estimate of drug-likeness (QED) is 0.686. The van der Waals surface area contributed by atoms with E-state index in [-0.39, 0.29) is 0 Å². The lowest BCUT2D eigenvalue weighted by Gasteiger charge is -2.00. The lowest BCUT2D eigenvalue weighted by molar-refractivity contribution is 1.20. The summed E-state index contributed by atoms with van der Waals surface area (Å²) in [5.41, 5.74) is 1.93. The van der Waals surface area contributed by atoms with Gasteiger partial charge >= 0.3 is 0 Å². The Labute approximate surface area is 78.8 Å². The molecule has 2 heterocycles. The molecule has 0 aliphatic carbocycles. The molecule has 2 aromatic rings. The number of pyridine rings is 2. The van der Waals surface area contributed by atoms with Gasteiger partial charge < -0.3 is 0 Å². The van der Waals surface area contributed by atoms with Gasteiger partial charge in [-0.25, -0.2) is 0 Å². The summed E-state index contributed by atoms with van der Waals surface area (Å²) in [5, 5.41) is 1.12. The molecule has 60 valence electrons. The minimum Gasteiger partial charge on any atom is -0.259 e. The predicted octanol–water partition coefficient (Wildman–Crippen LogP) is 2.70. The van der Waals surface area contributed by atoms with Crippen LogP contribution in [0.4, 0.5) is 0 Å². The molecule has 0 aliphatic heterocycles. The van der Waals surface area contributed by atoms with E-state index in [1.807, 2.05) is 19.1 Å². The lowest BCUT2D eigenvalue weighted by Crippen LogP contribution is -1.86. The Morgan fingerprint density at radius 3 is 2.67 bits per heavy atom. The Bertz CT molecular complexity index is 385. The molecule has 0 amide bonds. The van der Waals surface area contributed by atoms with Crippen molar-refractivity contribution < 1.29 is 0 Å². The number of rotatable bonds is 0. The van der Waals surface area contributed by atoms with Crippen LogP contribution < -0.4 is 0 Å². The molecular formula is C9H7BrN2. The summed E-state index contributed by atoms with van der Waals surface area (Å²) in [5.74, 6) is 0. The molecule has 0 atom stereocenters. The molecule has 0 aliphatic rings. The summed E-state index contributed by atoms with van der Waals surface area (Å²) in [6.45, 7) is 1.96. The Morgan fingerprint density at radius 2 is 1.92 bits per heavy atom. The molecule has 0 saturated heterocycles. The number of hydrogen-bond acceptors (Lipinski definition) is 2. The van der Waals surface area contributed by atoms with Crippen LogP contribution in [-0.4, -0.2) is 9.97 Å². The molecule has 2 nitrogen and oxygen atoms in total. The van der Waals surface area contributed by atoms with Crippen LogP contribution in [0.15, 0.2) is 29.0 Å². The van der Waals surface area contributed by atoms with Gasteiger partial charge in [0.25, 0.3) is 0 Å². The minimum absolute atomic E-state index is 0.965. The summed E-state index contributed by atoms with van der Waals surface area (Å²) in [7, 11) is 0. The van der Waals surface area contributed by atoms with Gasteiger partial charge in [-0.2, -0.15) is 0 Å². The van der Waals surface area contributed by atoms with Gasteiger partial charge in [0.1, 0.15) is 0 Å². The van der Waals surface area contributed by atoms with Crippen LogP contribution in [0.5, 0.6) is 0 Å². The number of aryl methyl sites for hydroxylation is 1. The van der Waals surface area contributed by atoms with E-state index in [2.05, 4.69) is 25.9 Å². The Kier molecular flexibility index (Phi) is 1.81. The summed E-state index contributed by atoms with van der Waals surface area (Å²) in [6, 6.07) is 3.89. The van der Waals surface area contributed by atoms with Crippen molar-refractivity contribution >= 4 is 26.8 Å². The SMILES string of the molecule is Cc1nccc2c(Br)ccnc12. The van der Waals surface area contributed by atoms with Crippen molar-refractivity contribution in [2.24, 2.45) is 0 Å². The standard InChI is InChI=1S/C9H7BrN2/c1-6-9-7(2-4-11-6)8(10)3-5-12-9/h2-5H,1H3. The Balaban J connectivity index is 2.94. The van der Waals surface area contributed by atoms with Crippen molar-refractivity contribution in [3.05, 3.63) is 34.7 Å². The third kappa shape index (κ3) is 1.10. The number of aromatic nitrogens is 2. The first-order chi connectivity index (χ1) is 5.79. The zero-order chi connectivity index (χ0) is 8.55. The molecule has 0 spiro atoms. The zero-order valence-electron chi connectivity index (χ0n) is 6.58. The molecule has 0 radical (unpaired) electrons. The maximum absolute atomic E-state index is 4.25.